The molecule has 0 atom stereocenters. The maximum absolute atomic E-state index is 12.5. The number of aromatic nitrogens is 1. The number of hydrogen-bond acceptors (Lipinski definition) is 3. The summed E-state index contributed by atoms with van der Waals surface area (Å²) < 4.78 is 6.43. The fourth-order valence-electron chi connectivity index (χ4n) is 1.95. The van der Waals surface area contributed by atoms with Gasteiger partial charge in [-0.05, 0) is 36.8 Å². The third kappa shape index (κ3) is 4.04. The molecule has 21 heavy (non-hydrogen) atoms. The zero-order chi connectivity index (χ0) is 15.2. The van der Waals surface area contributed by atoms with Crippen LogP contribution in [0.5, 0.6) is 5.88 Å². The van der Waals surface area contributed by atoms with Crippen molar-refractivity contribution in [3.63, 3.8) is 0 Å². The molecule has 1 aromatic carbocycles. The second-order valence-corrected chi connectivity index (χ2v) is 5.49. The highest BCUT2D eigenvalue weighted by atomic mass is 79.9. The number of carbonyl (C=O) groups is 1. The van der Waals surface area contributed by atoms with E-state index in [2.05, 4.69) is 20.9 Å². The van der Waals surface area contributed by atoms with Crippen LogP contribution in [-0.2, 0) is 6.54 Å². The fraction of sp³-hybridized carbons (Fsp3) is 0.250. The molecule has 110 valence electrons. The van der Waals surface area contributed by atoms with Crippen LogP contribution in [-0.4, -0.2) is 29.4 Å². The van der Waals surface area contributed by atoms with E-state index in [1.165, 1.54) is 0 Å². The average molecular weight is 349 g/mol. The highest BCUT2D eigenvalue weighted by Gasteiger charge is 2.17. The maximum Gasteiger partial charge on any atom is 0.259 e. The summed E-state index contributed by atoms with van der Waals surface area (Å²) in [6, 6.07) is 11.4. The topological polar surface area (TPSA) is 42.4 Å². The fourth-order valence-corrected chi connectivity index (χ4v) is 2.21. The monoisotopic (exact) mass is 348 g/mol. The summed E-state index contributed by atoms with van der Waals surface area (Å²) in [6.45, 7) is 2.88. The van der Waals surface area contributed by atoms with Gasteiger partial charge in [0.15, 0.2) is 0 Å². The summed E-state index contributed by atoms with van der Waals surface area (Å²) in [5.41, 5.74) is 1.55. The lowest BCUT2D eigenvalue weighted by atomic mass is 10.2. The van der Waals surface area contributed by atoms with Gasteiger partial charge in [-0.1, -0.05) is 28.1 Å². The van der Waals surface area contributed by atoms with Crippen LogP contribution in [0.15, 0.2) is 47.1 Å². The lowest BCUT2D eigenvalue weighted by Crippen LogP contribution is -2.26. The van der Waals surface area contributed by atoms with E-state index in [4.69, 9.17) is 4.74 Å². The van der Waals surface area contributed by atoms with Gasteiger partial charge in [-0.3, -0.25) is 4.79 Å². The molecule has 1 amide bonds. The lowest BCUT2D eigenvalue weighted by Gasteiger charge is -2.18. The Morgan fingerprint density at radius 3 is 2.67 bits per heavy atom. The first-order valence-electron chi connectivity index (χ1n) is 6.69. The Hall–Kier alpha value is -1.88. The van der Waals surface area contributed by atoms with Crippen molar-refractivity contribution in [2.45, 2.75) is 13.5 Å². The first-order chi connectivity index (χ1) is 10.1. The van der Waals surface area contributed by atoms with Crippen molar-refractivity contribution < 1.29 is 9.53 Å². The van der Waals surface area contributed by atoms with Gasteiger partial charge in [0, 0.05) is 24.3 Å². The standard InChI is InChI=1S/C16H17BrN2O2/c1-3-21-15-14(5-4-10-18-15)16(20)19(2)11-12-6-8-13(17)9-7-12/h4-10H,3,11H2,1-2H3. The minimum atomic E-state index is -0.102. The van der Waals surface area contributed by atoms with E-state index in [9.17, 15) is 4.79 Å². The van der Waals surface area contributed by atoms with Gasteiger partial charge in [0.25, 0.3) is 5.91 Å². The van der Waals surface area contributed by atoms with E-state index in [0.29, 0.717) is 24.6 Å². The van der Waals surface area contributed by atoms with E-state index in [1.54, 1.807) is 30.3 Å². The van der Waals surface area contributed by atoms with E-state index >= 15 is 0 Å². The first kappa shape index (κ1) is 15.5. The minimum Gasteiger partial charge on any atom is -0.477 e. The number of ether oxygens (including phenoxy) is 1. The molecule has 0 saturated heterocycles. The van der Waals surface area contributed by atoms with Crippen molar-refractivity contribution in [1.82, 2.24) is 9.88 Å². The zero-order valence-corrected chi connectivity index (χ0v) is 13.6. The average Bonchev–Trinajstić information content (AvgIpc) is 2.50. The minimum absolute atomic E-state index is 0.102. The molecular weight excluding hydrogens is 332 g/mol. The van der Waals surface area contributed by atoms with Crippen molar-refractivity contribution in [3.8, 4) is 5.88 Å². The van der Waals surface area contributed by atoms with Gasteiger partial charge in [-0.25, -0.2) is 4.98 Å². The van der Waals surface area contributed by atoms with Crippen LogP contribution in [0.2, 0.25) is 0 Å². The number of pyridine rings is 1. The lowest BCUT2D eigenvalue weighted by molar-refractivity contribution is 0.0780. The molecule has 0 aliphatic carbocycles. The van der Waals surface area contributed by atoms with Crippen LogP contribution in [0.4, 0.5) is 0 Å². The van der Waals surface area contributed by atoms with Gasteiger partial charge in [-0.15, -0.1) is 0 Å². The van der Waals surface area contributed by atoms with E-state index < -0.39 is 0 Å². The number of rotatable bonds is 5. The van der Waals surface area contributed by atoms with Gasteiger partial charge in [0.1, 0.15) is 5.56 Å². The Labute approximate surface area is 132 Å². The van der Waals surface area contributed by atoms with Gasteiger partial charge in [-0.2, -0.15) is 0 Å². The zero-order valence-electron chi connectivity index (χ0n) is 12.0. The van der Waals surface area contributed by atoms with E-state index in [1.807, 2.05) is 31.2 Å². The van der Waals surface area contributed by atoms with Gasteiger partial charge < -0.3 is 9.64 Å². The Bertz CT molecular complexity index is 614. The van der Waals surface area contributed by atoms with Crippen molar-refractivity contribution in [2.75, 3.05) is 13.7 Å². The summed E-state index contributed by atoms with van der Waals surface area (Å²) >= 11 is 3.40. The van der Waals surface area contributed by atoms with Crippen LogP contribution in [0, 0.1) is 0 Å². The van der Waals surface area contributed by atoms with E-state index in [0.717, 1.165) is 10.0 Å². The number of amides is 1. The van der Waals surface area contributed by atoms with Crippen molar-refractivity contribution in [3.05, 3.63) is 58.2 Å². The van der Waals surface area contributed by atoms with Crippen LogP contribution < -0.4 is 4.74 Å². The molecule has 1 aromatic heterocycles. The second-order valence-electron chi connectivity index (χ2n) is 4.58. The van der Waals surface area contributed by atoms with Gasteiger partial charge >= 0.3 is 0 Å². The molecule has 2 aromatic rings. The molecule has 0 aliphatic heterocycles. The molecule has 0 bridgehead atoms. The summed E-state index contributed by atoms with van der Waals surface area (Å²) in [6.07, 6.45) is 1.62. The largest absolute Gasteiger partial charge is 0.477 e. The summed E-state index contributed by atoms with van der Waals surface area (Å²) in [5.74, 6) is 0.280. The number of hydrogen-bond donors (Lipinski definition) is 0. The number of halogens is 1. The Balaban J connectivity index is 2.13. The van der Waals surface area contributed by atoms with Crippen LogP contribution >= 0.6 is 15.9 Å². The van der Waals surface area contributed by atoms with Crippen LogP contribution in [0.25, 0.3) is 0 Å². The molecule has 0 N–H and O–H groups in total. The Kier molecular flexibility index (Phi) is 5.33. The number of benzene rings is 1. The molecule has 0 aliphatic rings. The highest BCUT2D eigenvalue weighted by molar-refractivity contribution is 9.10. The molecule has 1 heterocycles. The quantitative estimate of drug-likeness (QED) is 0.830. The first-order valence-corrected chi connectivity index (χ1v) is 7.49. The highest BCUT2D eigenvalue weighted by Crippen LogP contribution is 2.18. The molecule has 0 fully saturated rings. The molecule has 0 saturated carbocycles. The third-order valence-electron chi connectivity index (χ3n) is 2.96. The van der Waals surface area contributed by atoms with Crippen molar-refractivity contribution in [2.24, 2.45) is 0 Å². The molecule has 2 rings (SSSR count). The second kappa shape index (κ2) is 7.22. The third-order valence-corrected chi connectivity index (χ3v) is 3.49. The number of carbonyl (C=O) groups excluding carboxylic acids is 1. The molecule has 5 heteroatoms. The van der Waals surface area contributed by atoms with Crippen molar-refractivity contribution >= 4 is 21.8 Å². The summed E-state index contributed by atoms with van der Waals surface area (Å²) in [4.78, 5) is 18.3. The maximum atomic E-state index is 12.5. The normalized spacial score (nSPS) is 10.2. The van der Waals surface area contributed by atoms with E-state index in [-0.39, 0.29) is 5.91 Å². The summed E-state index contributed by atoms with van der Waals surface area (Å²) in [5, 5.41) is 0. The molecule has 0 radical (unpaired) electrons. The molecular formula is C16H17BrN2O2. The predicted octanol–water partition coefficient (Wildman–Crippen LogP) is 3.52. The predicted molar refractivity (Wildman–Crippen MR) is 85.3 cm³/mol. The molecule has 0 unspecified atom stereocenters. The Morgan fingerprint density at radius 2 is 2.00 bits per heavy atom. The molecule has 0 spiro atoms. The van der Waals surface area contributed by atoms with Crippen molar-refractivity contribution in [1.29, 1.82) is 0 Å². The van der Waals surface area contributed by atoms with Gasteiger partial charge in [0.05, 0.1) is 6.61 Å². The van der Waals surface area contributed by atoms with Gasteiger partial charge in [0.2, 0.25) is 5.88 Å². The Morgan fingerprint density at radius 1 is 1.29 bits per heavy atom. The SMILES string of the molecule is CCOc1ncccc1C(=O)N(C)Cc1ccc(Br)cc1. The molecule has 4 nitrogen and oxygen atoms in total. The van der Waals surface area contributed by atoms with Crippen LogP contribution in [0.3, 0.4) is 0 Å². The number of nitrogens with zero attached hydrogens (tertiary/aromatic N) is 2. The smallest absolute Gasteiger partial charge is 0.259 e. The summed E-state index contributed by atoms with van der Waals surface area (Å²) in [7, 11) is 1.77. The van der Waals surface area contributed by atoms with Crippen LogP contribution in [0.1, 0.15) is 22.8 Å².